The molecule has 13 heavy (non-hydrogen) atoms. The summed E-state index contributed by atoms with van der Waals surface area (Å²) in [5, 5.41) is 26.1. The fourth-order valence-corrected chi connectivity index (χ4v) is 0.829. The molecule has 0 saturated carbocycles. The topological polar surface area (TPSA) is 121 Å². The molecule has 0 rings (SSSR count). The van der Waals surface area contributed by atoms with Crippen molar-refractivity contribution >= 4 is 11.9 Å². The van der Waals surface area contributed by atoms with Crippen LogP contribution >= 0.6 is 0 Å². The molecule has 0 radical (unpaired) electrons. The molecule has 0 fully saturated rings. The zero-order chi connectivity index (χ0) is 10.6. The van der Waals surface area contributed by atoms with E-state index in [1.165, 1.54) is 0 Å². The minimum absolute atomic E-state index is 0.395. The van der Waals surface area contributed by atoms with Crippen LogP contribution in [0.5, 0.6) is 0 Å². The maximum atomic E-state index is 10.8. The fourth-order valence-electron chi connectivity index (χ4n) is 0.829. The summed E-state index contributed by atoms with van der Waals surface area (Å²) >= 11 is 0. The van der Waals surface area contributed by atoms with Gasteiger partial charge in [-0.1, -0.05) is 0 Å². The van der Waals surface area contributed by atoms with Crippen molar-refractivity contribution in [3.63, 3.8) is 0 Å². The van der Waals surface area contributed by atoms with Crippen LogP contribution in [0.4, 0.5) is 0 Å². The number of aliphatic hydroxyl groups excluding tert-OH is 2. The Morgan fingerprint density at radius 2 is 2.00 bits per heavy atom. The van der Waals surface area contributed by atoms with E-state index in [9.17, 15) is 9.59 Å². The molecule has 6 nitrogen and oxygen atoms in total. The minimum atomic E-state index is -1.83. The smallest absolute Gasteiger partial charge is 0.319 e. The first kappa shape index (κ1) is 11.9. The lowest BCUT2D eigenvalue weighted by Crippen LogP contribution is -2.44. The van der Waals surface area contributed by atoms with Gasteiger partial charge in [-0.25, -0.2) is 0 Å². The second kappa shape index (κ2) is 4.20. The summed E-state index contributed by atoms with van der Waals surface area (Å²) < 4.78 is 0. The van der Waals surface area contributed by atoms with Gasteiger partial charge in [0.15, 0.2) is 0 Å². The second-order valence-electron chi connectivity index (χ2n) is 3.04. The highest BCUT2D eigenvalue weighted by molar-refractivity contribution is 6.00. The van der Waals surface area contributed by atoms with Crippen LogP contribution in [-0.2, 0) is 9.59 Å². The Kier molecular flexibility index (Phi) is 3.83. The van der Waals surface area contributed by atoms with Gasteiger partial charge < -0.3 is 21.1 Å². The summed E-state index contributed by atoms with van der Waals surface area (Å²) in [4.78, 5) is 21.4. The summed E-state index contributed by atoms with van der Waals surface area (Å²) in [5.74, 6) is -2.44. The van der Waals surface area contributed by atoms with Crippen LogP contribution in [0.1, 0.15) is 13.3 Å². The van der Waals surface area contributed by atoms with E-state index < -0.39 is 36.4 Å². The molecule has 76 valence electrons. The van der Waals surface area contributed by atoms with Gasteiger partial charge in [-0.2, -0.15) is 0 Å². The molecule has 1 amide bonds. The van der Waals surface area contributed by atoms with Gasteiger partial charge in [-0.15, -0.1) is 0 Å². The molecule has 0 aliphatic rings. The predicted molar refractivity (Wildman–Crippen MR) is 42.6 cm³/mol. The van der Waals surface area contributed by atoms with Crippen LogP contribution < -0.4 is 5.73 Å². The SMILES string of the molecule is CC(CC(O)CO)(C(N)=O)C(=O)O. The molecular weight excluding hydrogens is 178 g/mol. The van der Waals surface area contributed by atoms with Crippen molar-refractivity contribution < 1.29 is 24.9 Å². The number of carboxylic acids is 1. The largest absolute Gasteiger partial charge is 0.480 e. The first-order chi connectivity index (χ1) is 5.84. The third-order valence-corrected chi connectivity index (χ3v) is 1.87. The highest BCUT2D eigenvalue weighted by Crippen LogP contribution is 2.23. The number of carbonyl (C=O) groups is 2. The van der Waals surface area contributed by atoms with E-state index in [4.69, 9.17) is 21.1 Å². The molecule has 0 bridgehead atoms. The lowest BCUT2D eigenvalue weighted by Gasteiger charge is -2.22. The average molecular weight is 191 g/mol. The third kappa shape index (κ3) is 2.67. The molecule has 0 aromatic rings. The number of aliphatic hydroxyl groups is 2. The van der Waals surface area contributed by atoms with Gasteiger partial charge in [0.05, 0.1) is 12.7 Å². The lowest BCUT2D eigenvalue weighted by molar-refractivity contribution is -0.156. The van der Waals surface area contributed by atoms with Gasteiger partial charge in [-0.05, 0) is 6.92 Å². The standard InChI is InChI=1S/C7H13NO5/c1-7(5(8)11,6(12)13)2-4(10)3-9/h4,9-10H,2-3H2,1H3,(H2,8,11)(H,12,13). The maximum Gasteiger partial charge on any atom is 0.319 e. The van der Waals surface area contributed by atoms with Crippen molar-refractivity contribution in [1.82, 2.24) is 0 Å². The van der Waals surface area contributed by atoms with Gasteiger partial charge >= 0.3 is 5.97 Å². The monoisotopic (exact) mass is 191 g/mol. The highest BCUT2D eigenvalue weighted by Gasteiger charge is 2.41. The van der Waals surface area contributed by atoms with Crippen LogP contribution in [-0.4, -0.2) is 39.9 Å². The Balaban J connectivity index is 4.61. The van der Waals surface area contributed by atoms with E-state index in [1.54, 1.807) is 0 Å². The second-order valence-corrected chi connectivity index (χ2v) is 3.04. The van der Waals surface area contributed by atoms with Crippen LogP contribution in [0.25, 0.3) is 0 Å². The summed E-state index contributed by atoms with van der Waals surface area (Å²) in [6.07, 6.45) is -1.65. The first-order valence-electron chi connectivity index (χ1n) is 3.67. The van der Waals surface area contributed by atoms with Crippen molar-refractivity contribution in [2.24, 2.45) is 11.1 Å². The summed E-state index contributed by atoms with van der Waals surface area (Å²) in [6, 6.07) is 0. The van der Waals surface area contributed by atoms with E-state index >= 15 is 0 Å². The fraction of sp³-hybridized carbons (Fsp3) is 0.714. The Labute approximate surface area is 75.0 Å². The zero-order valence-electron chi connectivity index (χ0n) is 7.23. The zero-order valence-corrected chi connectivity index (χ0v) is 7.23. The van der Waals surface area contributed by atoms with E-state index in [2.05, 4.69) is 0 Å². The lowest BCUT2D eigenvalue weighted by atomic mass is 9.84. The molecule has 0 saturated heterocycles. The normalized spacial score (nSPS) is 17.5. The van der Waals surface area contributed by atoms with E-state index in [1.807, 2.05) is 0 Å². The van der Waals surface area contributed by atoms with Crippen molar-refractivity contribution in [3.05, 3.63) is 0 Å². The van der Waals surface area contributed by atoms with Gasteiger partial charge in [0.1, 0.15) is 5.41 Å². The number of rotatable bonds is 5. The number of hydrogen-bond acceptors (Lipinski definition) is 4. The van der Waals surface area contributed by atoms with Crippen LogP contribution in [0.15, 0.2) is 0 Å². The maximum absolute atomic E-state index is 10.8. The molecule has 0 heterocycles. The average Bonchev–Trinajstić information content (AvgIpc) is 2.03. The number of nitrogens with two attached hydrogens (primary N) is 1. The highest BCUT2D eigenvalue weighted by atomic mass is 16.4. The number of amides is 1. The van der Waals surface area contributed by atoms with E-state index in [-0.39, 0.29) is 0 Å². The van der Waals surface area contributed by atoms with E-state index in [0.29, 0.717) is 0 Å². The number of aliphatic carboxylic acids is 1. The summed E-state index contributed by atoms with van der Waals surface area (Å²) in [6.45, 7) is 0.507. The van der Waals surface area contributed by atoms with Gasteiger partial charge in [-0.3, -0.25) is 9.59 Å². The van der Waals surface area contributed by atoms with E-state index in [0.717, 1.165) is 6.92 Å². The molecule has 0 aliphatic heterocycles. The molecule has 2 unspecified atom stereocenters. The quantitative estimate of drug-likeness (QED) is 0.386. The molecule has 2 atom stereocenters. The molecule has 5 N–H and O–H groups in total. The Morgan fingerprint density at radius 3 is 2.23 bits per heavy atom. The molecule has 0 aromatic heterocycles. The van der Waals surface area contributed by atoms with Crippen molar-refractivity contribution in [2.75, 3.05) is 6.61 Å². The van der Waals surface area contributed by atoms with Crippen LogP contribution in [0, 0.1) is 5.41 Å². The van der Waals surface area contributed by atoms with Crippen molar-refractivity contribution in [2.45, 2.75) is 19.4 Å². The predicted octanol–water partition coefficient (Wildman–Crippen LogP) is -1.69. The molecule has 0 aromatic carbocycles. The number of primary amides is 1. The number of carboxylic acid groups (broad SMARTS) is 1. The summed E-state index contributed by atoms with van der Waals surface area (Å²) in [7, 11) is 0. The Hall–Kier alpha value is -1.14. The van der Waals surface area contributed by atoms with Gasteiger partial charge in [0.25, 0.3) is 0 Å². The first-order valence-corrected chi connectivity index (χ1v) is 3.67. The molecular formula is C7H13NO5. The number of hydrogen-bond donors (Lipinski definition) is 4. The number of carbonyl (C=O) groups excluding carboxylic acids is 1. The van der Waals surface area contributed by atoms with Crippen LogP contribution in [0.2, 0.25) is 0 Å². The van der Waals surface area contributed by atoms with Crippen molar-refractivity contribution in [3.8, 4) is 0 Å². The minimum Gasteiger partial charge on any atom is -0.480 e. The molecule has 6 heteroatoms. The van der Waals surface area contributed by atoms with Crippen molar-refractivity contribution in [1.29, 1.82) is 0 Å². The summed E-state index contributed by atoms with van der Waals surface area (Å²) in [5.41, 5.74) is 3.03. The molecule has 0 spiro atoms. The molecule has 0 aliphatic carbocycles. The van der Waals surface area contributed by atoms with Gasteiger partial charge in [0, 0.05) is 6.42 Å². The Bertz CT molecular complexity index is 201. The van der Waals surface area contributed by atoms with Gasteiger partial charge in [0.2, 0.25) is 5.91 Å². The Morgan fingerprint density at radius 1 is 1.54 bits per heavy atom. The van der Waals surface area contributed by atoms with Crippen LogP contribution in [0.3, 0.4) is 0 Å². The third-order valence-electron chi connectivity index (χ3n) is 1.87.